The van der Waals surface area contributed by atoms with Gasteiger partial charge in [-0.3, -0.25) is 0 Å². The Morgan fingerprint density at radius 1 is 1.50 bits per heavy atom. The van der Waals surface area contributed by atoms with Gasteiger partial charge in [-0.05, 0) is 32.3 Å². The van der Waals surface area contributed by atoms with E-state index in [1.807, 2.05) is 19.1 Å². The van der Waals surface area contributed by atoms with Gasteiger partial charge in [0, 0.05) is 12.1 Å². The minimum atomic E-state index is 0.529. The van der Waals surface area contributed by atoms with Crippen LogP contribution in [0.3, 0.4) is 0 Å². The second kappa shape index (κ2) is 4.73. The van der Waals surface area contributed by atoms with Crippen molar-refractivity contribution in [2.24, 2.45) is 5.92 Å². The van der Waals surface area contributed by atoms with Crippen LogP contribution in [0.25, 0.3) is 0 Å². The number of hydrogen-bond donors (Lipinski definition) is 1. The topological polar surface area (TPSA) is 34.1 Å². The third kappa shape index (κ3) is 2.87. The molecule has 16 heavy (non-hydrogen) atoms. The number of ether oxygens (including phenoxy) is 1. The highest BCUT2D eigenvalue weighted by Gasteiger charge is 2.23. The Labute approximate surface area is 97.2 Å². The summed E-state index contributed by atoms with van der Waals surface area (Å²) in [7, 11) is 1.64. The van der Waals surface area contributed by atoms with Gasteiger partial charge in [0.25, 0.3) is 0 Å². The molecule has 1 fully saturated rings. The van der Waals surface area contributed by atoms with Crippen LogP contribution in [0.5, 0.6) is 5.88 Å². The SMILES string of the molecule is COc1ccc(NC(C)CC2CC2)c(C)n1. The highest BCUT2D eigenvalue weighted by atomic mass is 16.5. The zero-order valence-corrected chi connectivity index (χ0v) is 10.3. The highest BCUT2D eigenvalue weighted by Crippen LogP contribution is 2.34. The molecule has 1 aliphatic carbocycles. The van der Waals surface area contributed by atoms with E-state index in [9.17, 15) is 0 Å². The molecule has 1 unspecified atom stereocenters. The Morgan fingerprint density at radius 2 is 2.25 bits per heavy atom. The molecule has 0 amide bonds. The van der Waals surface area contributed by atoms with E-state index in [0.717, 1.165) is 17.3 Å². The van der Waals surface area contributed by atoms with Gasteiger partial charge in [0.1, 0.15) is 0 Å². The van der Waals surface area contributed by atoms with E-state index in [1.165, 1.54) is 19.3 Å². The average Bonchev–Trinajstić information content (AvgIpc) is 3.05. The van der Waals surface area contributed by atoms with Gasteiger partial charge >= 0.3 is 0 Å². The number of hydrogen-bond acceptors (Lipinski definition) is 3. The normalized spacial score (nSPS) is 16.9. The maximum Gasteiger partial charge on any atom is 0.213 e. The fourth-order valence-electron chi connectivity index (χ4n) is 1.98. The van der Waals surface area contributed by atoms with Gasteiger partial charge in [0.2, 0.25) is 5.88 Å². The van der Waals surface area contributed by atoms with E-state index in [1.54, 1.807) is 7.11 Å². The second-order valence-corrected chi connectivity index (χ2v) is 4.71. The van der Waals surface area contributed by atoms with Crippen LogP contribution in [-0.2, 0) is 0 Å². The predicted molar refractivity (Wildman–Crippen MR) is 66.0 cm³/mol. The van der Waals surface area contributed by atoms with Crippen LogP contribution in [0.1, 0.15) is 31.9 Å². The van der Waals surface area contributed by atoms with Gasteiger partial charge in [-0.2, -0.15) is 0 Å². The lowest BCUT2D eigenvalue weighted by atomic mass is 10.1. The van der Waals surface area contributed by atoms with Crippen molar-refractivity contribution in [2.75, 3.05) is 12.4 Å². The lowest BCUT2D eigenvalue weighted by Gasteiger charge is -2.16. The molecule has 0 saturated heterocycles. The van der Waals surface area contributed by atoms with Crippen molar-refractivity contribution >= 4 is 5.69 Å². The third-order valence-corrected chi connectivity index (χ3v) is 3.06. The van der Waals surface area contributed by atoms with Gasteiger partial charge in [-0.1, -0.05) is 12.8 Å². The summed E-state index contributed by atoms with van der Waals surface area (Å²) in [5.41, 5.74) is 2.12. The fourth-order valence-corrected chi connectivity index (χ4v) is 1.98. The monoisotopic (exact) mass is 220 g/mol. The summed E-state index contributed by atoms with van der Waals surface area (Å²) >= 11 is 0. The first-order chi connectivity index (χ1) is 7.69. The van der Waals surface area contributed by atoms with Crippen LogP contribution in [-0.4, -0.2) is 18.1 Å². The Hall–Kier alpha value is -1.25. The van der Waals surface area contributed by atoms with Gasteiger partial charge < -0.3 is 10.1 Å². The smallest absolute Gasteiger partial charge is 0.213 e. The Balaban J connectivity index is 1.96. The molecule has 1 saturated carbocycles. The molecule has 0 aliphatic heterocycles. The number of rotatable bonds is 5. The van der Waals surface area contributed by atoms with Crippen molar-refractivity contribution in [2.45, 2.75) is 39.2 Å². The standard InChI is InChI=1S/C13H20N2O/c1-9(8-11-4-5-11)14-12-6-7-13(16-3)15-10(12)2/h6-7,9,11,14H,4-5,8H2,1-3H3. The molecular formula is C13H20N2O. The van der Waals surface area contributed by atoms with Crippen LogP contribution >= 0.6 is 0 Å². The van der Waals surface area contributed by atoms with Crippen LogP contribution in [0.4, 0.5) is 5.69 Å². The zero-order valence-electron chi connectivity index (χ0n) is 10.3. The first-order valence-electron chi connectivity index (χ1n) is 5.97. The lowest BCUT2D eigenvalue weighted by Crippen LogP contribution is -2.16. The molecule has 1 aromatic rings. The molecule has 1 heterocycles. The largest absolute Gasteiger partial charge is 0.481 e. The van der Waals surface area contributed by atoms with E-state index >= 15 is 0 Å². The van der Waals surface area contributed by atoms with E-state index in [-0.39, 0.29) is 0 Å². The molecule has 0 aromatic carbocycles. The van der Waals surface area contributed by atoms with Crippen molar-refractivity contribution in [1.29, 1.82) is 0 Å². The van der Waals surface area contributed by atoms with Gasteiger partial charge in [-0.25, -0.2) is 4.98 Å². The van der Waals surface area contributed by atoms with Crippen molar-refractivity contribution in [3.05, 3.63) is 17.8 Å². The molecule has 3 nitrogen and oxygen atoms in total. The minimum Gasteiger partial charge on any atom is -0.481 e. The van der Waals surface area contributed by atoms with Crippen molar-refractivity contribution < 1.29 is 4.74 Å². The minimum absolute atomic E-state index is 0.529. The second-order valence-electron chi connectivity index (χ2n) is 4.71. The summed E-state index contributed by atoms with van der Waals surface area (Å²) in [4.78, 5) is 4.35. The maximum atomic E-state index is 5.09. The molecule has 0 radical (unpaired) electrons. The number of aryl methyl sites for hydroxylation is 1. The zero-order chi connectivity index (χ0) is 11.5. The summed E-state index contributed by atoms with van der Waals surface area (Å²) in [5, 5.41) is 3.51. The number of pyridine rings is 1. The summed E-state index contributed by atoms with van der Waals surface area (Å²) < 4.78 is 5.09. The first-order valence-corrected chi connectivity index (χ1v) is 5.97. The summed E-state index contributed by atoms with van der Waals surface area (Å²) in [6.45, 7) is 4.25. The summed E-state index contributed by atoms with van der Waals surface area (Å²) in [6, 6.07) is 4.48. The number of nitrogens with one attached hydrogen (secondary N) is 1. The number of aromatic nitrogens is 1. The molecule has 0 bridgehead atoms. The Bertz CT molecular complexity index is 361. The van der Waals surface area contributed by atoms with Gasteiger partial charge in [0.15, 0.2) is 0 Å². The molecule has 1 aliphatic rings. The number of methoxy groups -OCH3 is 1. The summed E-state index contributed by atoms with van der Waals surface area (Å²) in [5.74, 6) is 1.63. The van der Waals surface area contributed by atoms with Crippen LogP contribution < -0.4 is 10.1 Å². The van der Waals surface area contributed by atoms with E-state index in [2.05, 4.69) is 17.2 Å². The molecule has 1 N–H and O–H groups in total. The van der Waals surface area contributed by atoms with Crippen molar-refractivity contribution in [3.63, 3.8) is 0 Å². The highest BCUT2D eigenvalue weighted by molar-refractivity contribution is 5.49. The molecule has 1 atom stereocenters. The molecule has 1 aromatic heterocycles. The van der Waals surface area contributed by atoms with Crippen LogP contribution in [0, 0.1) is 12.8 Å². The fraction of sp³-hybridized carbons (Fsp3) is 0.615. The molecule has 0 spiro atoms. The molecular weight excluding hydrogens is 200 g/mol. The van der Waals surface area contributed by atoms with Crippen LogP contribution in [0.15, 0.2) is 12.1 Å². The van der Waals surface area contributed by atoms with Crippen molar-refractivity contribution in [1.82, 2.24) is 4.98 Å². The van der Waals surface area contributed by atoms with E-state index in [4.69, 9.17) is 4.74 Å². The lowest BCUT2D eigenvalue weighted by molar-refractivity contribution is 0.397. The van der Waals surface area contributed by atoms with Gasteiger partial charge in [-0.15, -0.1) is 0 Å². The average molecular weight is 220 g/mol. The van der Waals surface area contributed by atoms with Crippen molar-refractivity contribution in [3.8, 4) is 5.88 Å². The Morgan fingerprint density at radius 3 is 2.81 bits per heavy atom. The maximum absolute atomic E-state index is 5.09. The van der Waals surface area contributed by atoms with Crippen LogP contribution in [0.2, 0.25) is 0 Å². The third-order valence-electron chi connectivity index (χ3n) is 3.06. The van der Waals surface area contributed by atoms with E-state index < -0.39 is 0 Å². The molecule has 3 heteroatoms. The molecule has 88 valence electrons. The quantitative estimate of drug-likeness (QED) is 0.828. The Kier molecular flexibility index (Phi) is 3.32. The number of nitrogens with zero attached hydrogens (tertiary/aromatic N) is 1. The molecule has 2 rings (SSSR count). The summed E-state index contributed by atoms with van der Waals surface area (Å²) in [6.07, 6.45) is 4.09. The predicted octanol–water partition coefficient (Wildman–Crippen LogP) is 3.00. The van der Waals surface area contributed by atoms with Gasteiger partial charge in [0.05, 0.1) is 18.5 Å². The number of anilines is 1. The first kappa shape index (κ1) is 11.2. The van der Waals surface area contributed by atoms with E-state index in [0.29, 0.717) is 11.9 Å².